The third-order valence-electron chi connectivity index (χ3n) is 3.20. The molecule has 0 aromatic carbocycles. The molecule has 0 spiro atoms. The average molecular weight is 265 g/mol. The van der Waals surface area contributed by atoms with Crippen molar-refractivity contribution in [3.63, 3.8) is 0 Å². The zero-order chi connectivity index (χ0) is 14.1. The van der Waals surface area contributed by atoms with Crippen LogP contribution >= 0.6 is 0 Å². The molecule has 0 atom stereocenters. The molecule has 0 unspecified atom stereocenters. The number of nitrogens with zero attached hydrogens (tertiary/aromatic N) is 3. The van der Waals surface area contributed by atoms with Crippen LogP contribution in [0, 0.1) is 0 Å². The summed E-state index contributed by atoms with van der Waals surface area (Å²) < 4.78 is 0. The Morgan fingerprint density at radius 2 is 1.79 bits per heavy atom. The Hall–Kier alpha value is -1.36. The third-order valence-corrected chi connectivity index (χ3v) is 3.20. The fourth-order valence-corrected chi connectivity index (χ4v) is 1.93. The molecule has 5 nitrogen and oxygen atoms in total. The highest BCUT2D eigenvalue weighted by atomic mass is 15.1. The lowest BCUT2D eigenvalue weighted by Gasteiger charge is -2.17. The van der Waals surface area contributed by atoms with Crippen LogP contribution in [-0.4, -0.2) is 48.1 Å². The van der Waals surface area contributed by atoms with E-state index in [9.17, 15) is 0 Å². The van der Waals surface area contributed by atoms with Crippen LogP contribution in [0.25, 0.3) is 0 Å². The van der Waals surface area contributed by atoms with Crippen LogP contribution in [0.15, 0.2) is 6.07 Å². The van der Waals surface area contributed by atoms with Gasteiger partial charge in [-0.05, 0) is 26.1 Å². The summed E-state index contributed by atoms with van der Waals surface area (Å²) in [6, 6.07) is 1.95. The van der Waals surface area contributed by atoms with Gasteiger partial charge in [-0.2, -0.15) is 0 Å². The van der Waals surface area contributed by atoms with Crippen LogP contribution in [0.4, 0.5) is 11.6 Å². The minimum absolute atomic E-state index is 0.851. The highest BCUT2D eigenvalue weighted by Crippen LogP contribution is 2.11. The second kappa shape index (κ2) is 8.69. The van der Waals surface area contributed by atoms with Crippen LogP contribution in [0.5, 0.6) is 0 Å². The highest BCUT2D eigenvalue weighted by molar-refractivity contribution is 5.47. The molecule has 0 fully saturated rings. The lowest BCUT2D eigenvalue weighted by Crippen LogP contribution is -2.25. The molecule has 0 aliphatic heterocycles. The molecule has 1 heterocycles. The third kappa shape index (κ3) is 5.42. The van der Waals surface area contributed by atoms with E-state index in [1.54, 1.807) is 0 Å². The van der Waals surface area contributed by atoms with E-state index in [1.165, 1.54) is 0 Å². The first kappa shape index (κ1) is 15.7. The Kier molecular flexibility index (Phi) is 7.18. The summed E-state index contributed by atoms with van der Waals surface area (Å²) in [6.07, 6.45) is 1.98. The molecule has 19 heavy (non-hydrogen) atoms. The summed E-state index contributed by atoms with van der Waals surface area (Å²) in [5.41, 5.74) is 0. The minimum Gasteiger partial charge on any atom is -0.373 e. The molecule has 0 saturated carbocycles. The highest BCUT2D eigenvalue weighted by Gasteiger charge is 2.02. The molecule has 1 rings (SSSR count). The van der Waals surface area contributed by atoms with Crippen molar-refractivity contribution in [2.75, 3.05) is 43.9 Å². The van der Waals surface area contributed by atoms with E-state index in [1.807, 2.05) is 13.1 Å². The van der Waals surface area contributed by atoms with Crippen molar-refractivity contribution < 1.29 is 0 Å². The molecule has 0 amide bonds. The van der Waals surface area contributed by atoms with Crippen LogP contribution in [-0.2, 0) is 6.42 Å². The van der Waals surface area contributed by atoms with E-state index in [2.05, 4.69) is 46.3 Å². The number of anilines is 2. The summed E-state index contributed by atoms with van der Waals surface area (Å²) in [5.74, 6) is 2.66. The fraction of sp³-hybridized carbons (Fsp3) is 0.714. The monoisotopic (exact) mass is 265 g/mol. The molecule has 1 aromatic rings. The number of aryl methyl sites for hydroxylation is 1. The molecular formula is C14H27N5. The van der Waals surface area contributed by atoms with Gasteiger partial charge in [-0.15, -0.1) is 0 Å². The first-order valence-corrected chi connectivity index (χ1v) is 7.25. The van der Waals surface area contributed by atoms with E-state index in [0.29, 0.717) is 0 Å². The van der Waals surface area contributed by atoms with E-state index >= 15 is 0 Å². The van der Waals surface area contributed by atoms with Crippen LogP contribution in [0.3, 0.4) is 0 Å². The van der Waals surface area contributed by atoms with Crippen LogP contribution in [0.1, 0.15) is 33.0 Å². The molecule has 0 radical (unpaired) electrons. The number of rotatable bonds is 9. The standard InChI is InChI=1S/C14H27N5/c1-5-12-17-13(15-4)11-14(18-12)16-9-8-10-19(6-2)7-3/h11H,5-10H2,1-4H3,(H2,15,16,17,18). The lowest BCUT2D eigenvalue weighted by molar-refractivity contribution is 0.303. The topological polar surface area (TPSA) is 53.1 Å². The Morgan fingerprint density at radius 3 is 2.37 bits per heavy atom. The van der Waals surface area contributed by atoms with Gasteiger partial charge in [0, 0.05) is 26.1 Å². The summed E-state index contributed by atoms with van der Waals surface area (Å²) in [5, 5.41) is 6.45. The van der Waals surface area contributed by atoms with Crippen LogP contribution < -0.4 is 10.6 Å². The minimum atomic E-state index is 0.851. The van der Waals surface area contributed by atoms with Crippen molar-refractivity contribution in [2.45, 2.75) is 33.6 Å². The number of hydrogen-bond donors (Lipinski definition) is 2. The van der Waals surface area contributed by atoms with Gasteiger partial charge in [0.1, 0.15) is 17.5 Å². The Balaban J connectivity index is 2.44. The van der Waals surface area contributed by atoms with Gasteiger partial charge in [0.05, 0.1) is 0 Å². The molecule has 0 bridgehead atoms. The molecule has 1 aromatic heterocycles. The quantitative estimate of drug-likeness (QED) is 0.671. The van der Waals surface area contributed by atoms with Crippen molar-refractivity contribution >= 4 is 11.6 Å². The largest absolute Gasteiger partial charge is 0.373 e. The Labute approximate surface area is 116 Å². The van der Waals surface area contributed by atoms with Crippen molar-refractivity contribution in [2.24, 2.45) is 0 Å². The maximum absolute atomic E-state index is 4.48. The van der Waals surface area contributed by atoms with Gasteiger partial charge in [-0.1, -0.05) is 20.8 Å². The molecular weight excluding hydrogens is 238 g/mol. The summed E-state index contributed by atoms with van der Waals surface area (Å²) in [6.45, 7) is 10.8. The molecule has 2 N–H and O–H groups in total. The molecule has 5 heteroatoms. The van der Waals surface area contributed by atoms with Gasteiger partial charge in [0.25, 0.3) is 0 Å². The van der Waals surface area contributed by atoms with E-state index < -0.39 is 0 Å². The van der Waals surface area contributed by atoms with Gasteiger partial charge in [0.15, 0.2) is 0 Å². The normalized spacial score (nSPS) is 10.8. The van der Waals surface area contributed by atoms with E-state index in [-0.39, 0.29) is 0 Å². The maximum Gasteiger partial charge on any atom is 0.132 e. The van der Waals surface area contributed by atoms with E-state index in [4.69, 9.17) is 0 Å². The smallest absolute Gasteiger partial charge is 0.132 e. The zero-order valence-corrected chi connectivity index (χ0v) is 12.7. The van der Waals surface area contributed by atoms with Crippen molar-refractivity contribution in [3.8, 4) is 0 Å². The van der Waals surface area contributed by atoms with Gasteiger partial charge in [-0.3, -0.25) is 0 Å². The summed E-state index contributed by atoms with van der Waals surface area (Å²) in [4.78, 5) is 11.3. The predicted octanol–water partition coefficient (Wildman–Crippen LogP) is 2.22. The molecule has 0 aliphatic rings. The summed E-state index contributed by atoms with van der Waals surface area (Å²) >= 11 is 0. The maximum atomic E-state index is 4.48. The Bertz CT molecular complexity index is 341. The van der Waals surface area contributed by atoms with Gasteiger partial charge < -0.3 is 15.5 Å². The van der Waals surface area contributed by atoms with Crippen LogP contribution in [0.2, 0.25) is 0 Å². The van der Waals surface area contributed by atoms with Gasteiger partial charge >= 0.3 is 0 Å². The number of nitrogens with one attached hydrogen (secondary N) is 2. The SMILES string of the molecule is CCc1nc(NC)cc(NCCCN(CC)CC)n1. The van der Waals surface area contributed by atoms with Gasteiger partial charge in [-0.25, -0.2) is 9.97 Å². The fourth-order valence-electron chi connectivity index (χ4n) is 1.93. The second-order valence-corrected chi connectivity index (χ2v) is 4.47. The number of aromatic nitrogens is 2. The summed E-state index contributed by atoms with van der Waals surface area (Å²) in [7, 11) is 1.88. The molecule has 0 aliphatic carbocycles. The first-order valence-electron chi connectivity index (χ1n) is 7.25. The lowest BCUT2D eigenvalue weighted by atomic mass is 10.3. The average Bonchev–Trinajstić information content (AvgIpc) is 2.47. The molecule has 0 saturated heterocycles. The Morgan fingerprint density at radius 1 is 1.11 bits per heavy atom. The molecule has 108 valence electrons. The van der Waals surface area contributed by atoms with Crippen molar-refractivity contribution in [3.05, 3.63) is 11.9 Å². The van der Waals surface area contributed by atoms with Gasteiger partial charge in [0.2, 0.25) is 0 Å². The number of hydrogen-bond acceptors (Lipinski definition) is 5. The van der Waals surface area contributed by atoms with Crippen molar-refractivity contribution in [1.29, 1.82) is 0 Å². The van der Waals surface area contributed by atoms with E-state index in [0.717, 1.165) is 56.5 Å². The second-order valence-electron chi connectivity index (χ2n) is 4.47. The zero-order valence-electron chi connectivity index (χ0n) is 12.7. The van der Waals surface area contributed by atoms with Crippen molar-refractivity contribution in [1.82, 2.24) is 14.9 Å². The predicted molar refractivity (Wildman–Crippen MR) is 81.9 cm³/mol. The first-order chi connectivity index (χ1) is 9.23.